The molecule has 0 saturated carbocycles. The van der Waals surface area contributed by atoms with Gasteiger partial charge in [0.1, 0.15) is 0 Å². The van der Waals surface area contributed by atoms with Crippen molar-refractivity contribution in [1.82, 2.24) is 9.97 Å². The minimum Gasteiger partial charge on any atom is -0.477 e. The van der Waals surface area contributed by atoms with Crippen LogP contribution in [0.2, 0.25) is 0 Å². The standard InChI is InChI=1S/C11H6IN3O5/c12-6-4-13-11(14-5-6)20-8-3-1-2-7(15(18)19)9(8)10(16)17/h1-5H,(H,16,17). The Bertz CT molecular complexity index is 674. The number of hydrogen-bond acceptors (Lipinski definition) is 6. The Labute approximate surface area is 125 Å². The number of benzene rings is 1. The zero-order chi connectivity index (χ0) is 14.7. The van der Waals surface area contributed by atoms with Crippen LogP contribution in [0.25, 0.3) is 0 Å². The summed E-state index contributed by atoms with van der Waals surface area (Å²) in [4.78, 5) is 28.9. The molecular formula is C11H6IN3O5. The minimum absolute atomic E-state index is 0.0894. The van der Waals surface area contributed by atoms with Crippen LogP contribution in [-0.2, 0) is 0 Å². The van der Waals surface area contributed by atoms with Crippen LogP contribution in [0.15, 0.2) is 30.6 Å². The summed E-state index contributed by atoms with van der Waals surface area (Å²) in [6.07, 6.45) is 2.95. The molecule has 0 unspecified atom stereocenters. The second-order valence-electron chi connectivity index (χ2n) is 3.50. The summed E-state index contributed by atoms with van der Waals surface area (Å²) in [6, 6.07) is 3.63. The molecule has 20 heavy (non-hydrogen) atoms. The molecule has 0 radical (unpaired) electrons. The van der Waals surface area contributed by atoms with E-state index in [0.29, 0.717) is 0 Å². The lowest BCUT2D eigenvalue weighted by molar-refractivity contribution is -0.385. The summed E-state index contributed by atoms with van der Waals surface area (Å²) < 4.78 is 5.98. The zero-order valence-electron chi connectivity index (χ0n) is 9.69. The van der Waals surface area contributed by atoms with Crippen LogP contribution in [0.4, 0.5) is 5.69 Å². The van der Waals surface area contributed by atoms with E-state index in [4.69, 9.17) is 9.84 Å². The van der Waals surface area contributed by atoms with Crippen molar-refractivity contribution >= 4 is 34.2 Å². The SMILES string of the molecule is O=C(O)c1c(Oc2ncc(I)cn2)cccc1[N+](=O)[O-]. The maximum Gasteiger partial charge on any atom is 0.346 e. The van der Waals surface area contributed by atoms with Crippen molar-refractivity contribution < 1.29 is 19.6 Å². The Balaban J connectivity index is 2.46. The number of ether oxygens (including phenoxy) is 1. The van der Waals surface area contributed by atoms with Crippen LogP contribution in [0.5, 0.6) is 11.8 Å². The Morgan fingerprint density at radius 1 is 1.35 bits per heavy atom. The molecule has 2 aromatic rings. The molecule has 1 aromatic heterocycles. The van der Waals surface area contributed by atoms with Gasteiger partial charge in [0.05, 0.1) is 4.92 Å². The van der Waals surface area contributed by atoms with Crippen molar-refractivity contribution in [3.8, 4) is 11.8 Å². The molecule has 1 heterocycles. The normalized spacial score (nSPS) is 10.1. The third kappa shape index (κ3) is 2.99. The highest BCUT2D eigenvalue weighted by atomic mass is 127. The summed E-state index contributed by atoms with van der Waals surface area (Å²) in [5.41, 5.74) is -1.10. The summed E-state index contributed by atoms with van der Waals surface area (Å²) in [5.74, 6) is -1.65. The molecule has 1 aromatic carbocycles. The van der Waals surface area contributed by atoms with Gasteiger partial charge in [-0.3, -0.25) is 10.1 Å². The second kappa shape index (κ2) is 5.77. The van der Waals surface area contributed by atoms with E-state index >= 15 is 0 Å². The molecule has 8 nitrogen and oxygen atoms in total. The van der Waals surface area contributed by atoms with Crippen LogP contribution in [-0.4, -0.2) is 26.0 Å². The molecule has 0 amide bonds. The first kappa shape index (κ1) is 14.1. The molecule has 0 aliphatic rings. The molecule has 0 aliphatic heterocycles. The van der Waals surface area contributed by atoms with Gasteiger partial charge in [0.2, 0.25) is 0 Å². The molecule has 0 atom stereocenters. The van der Waals surface area contributed by atoms with Gasteiger partial charge in [-0.2, -0.15) is 0 Å². The molecule has 0 fully saturated rings. The van der Waals surface area contributed by atoms with Crippen molar-refractivity contribution in [1.29, 1.82) is 0 Å². The number of carboxylic acids is 1. The maximum atomic E-state index is 11.2. The smallest absolute Gasteiger partial charge is 0.346 e. The lowest BCUT2D eigenvalue weighted by Crippen LogP contribution is -2.05. The number of nitro groups is 1. The van der Waals surface area contributed by atoms with Gasteiger partial charge in [-0.1, -0.05) is 6.07 Å². The predicted molar refractivity (Wildman–Crippen MR) is 74.9 cm³/mol. The Kier molecular flexibility index (Phi) is 4.08. The average molecular weight is 387 g/mol. The van der Waals surface area contributed by atoms with Crippen molar-refractivity contribution in [2.24, 2.45) is 0 Å². The average Bonchev–Trinajstić information content (AvgIpc) is 2.40. The van der Waals surface area contributed by atoms with Gasteiger partial charge in [0, 0.05) is 22.0 Å². The van der Waals surface area contributed by atoms with Gasteiger partial charge < -0.3 is 9.84 Å². The lowest BCUT2D eigenvalue weighted by Gasteiger charge is -2.07. The first-order chi connectivity index (χ1) is 9.49. The van der Waals surface area contributed by atoms with Gasteiger partial charge in [0.15, 0.2) is 11.3 Å². The van der Waals surface area contributed by atoms with Crippen LogP contribution in [0.3, 0.4) is 0 Å². The Morgan fingerprint density at radius 3 is 2.55 bits per heavy atom. The number of rotatable bonds is 4. The summed E-state index contributed by atoms with van der Waals surface area (Å²) in [7, 11) is 0. The number of aromatic nitrogens is 2. The number of halogens is 1. The first-order valence-electron chi connectivity index (χ1n) is 5.15. The largest absolute Gasteiger partial charge is 0.477 e. The van der Waals surface area contributed by atoms with Gasteiger partial charge in [0.25, 0.3) is 5.69 Å². The molecule has 0 bridgehead atoms. The fraction of sp³-hybridized carbons (Fsp3) is 0. The monoisotopic (exact) mass is 387 g/mol. The third-order valence-corrected chi connectivity index (χ3v) is 2.77. The highest BCUT2D eigenvalue weighted by Crippen LogP contribution is 2.30. The van der Waals surface area contributed by atoms with E-state index in [1.807, 2.05) is 22.6 Å². The van der Waals surface area contributed by atoms with Gasteiger partial charge >= 0.3 is 12.0 Å². The molecule has 0 saturated heterocycles. The van der Waals surface area contributed by atoms with Crippen LogP contribution in [0.1, 0.15) is 10.4 Å². The number of nitrogens with zero attached hydrogens (tertiary/aromatic N) is 3. The van der Waals surface area contributed by atoms with Crippen molar-refractivity contribution in [2.75, 3.05) is 0 Å². The number of carbonyl (C=O) groups is 1. The van der Waals surface area contributed by atoms with Crippen LogP contribution in [0, 0.1) is 13.7 Å². The summed E-state index contributed by atoms with van der Waals surface area (Å²) >= 11 is 1.99. The molecule has 2 rings (SSSR count). The Morgan fingerprint density at radius 2 is 2.00 bits per heavy atom. The molecule has 9 heteroatoms. The van der Waals surface area contributed by atoms with Crippen LogP contribution >= 0.6 is 22.6 Å². The third-order valence-electron chi connectivity index (χ3n) is 2.21. The quantitative estimate of drug-likeness (QED) is 0.487. The fourth-order valence-electron chi connectivity index (χ4n) is 1.42. The first-order valence-corrected chi connectivity index (χ1v) is 6.23. The summed E-state index contributed by atoms with van der Waals surface area (Å²) in [5, 5.41) is 19.9. The number of hydrogen-bond donors (Lipinski definition) is 1. The fourth-order valence-corrected chi connectivity index (χ4v) is 1.70. The van der Waals surface area contributed by atoms with Crippen molar-refractivity contribution in [2.45, 2.75) is 0 Å². The molecule has 1 N–H and O–H groups in total. The highest BCUT2D eigenvalue weighted by Gasteiger charge is 2.25. The van der Waals surface area contributed by atoms with Gasteiger partial charge in [-0.25, -0.2) is 14.8 Å². The minimum atomic E-state index is -1.46. The van der Waals surface area contributed by atoms with E-state index < -0.39 is 22.1 Å². The van der Waals surface area contributed by atoms with E-state index in [0.717, 1.165) is 9.64 Å². The Hall–Kier alpha value is -2.30. The predicted octanol–water partition coefficient (Wildman–Crippen LogP) is 2.48. The summed E-state index contributed by atoms with van der Waals surface area (Å²) in [6.45, 7) is 0. The molecule has 0 spiro atoms. The van der Waals surface area contributed by atoms with E-state index in [9.17, 15) is 14.9 Å². The number of carboxylic acid groups (broad SMARTS) is 1. The van der Waals surface area contributed by atoms with Gasteiger partial charge in [-0.15, -0.1) is 0 Å². The number of nitro benzene ring substituents is 1. The second-order valence-corrected chi connectivity index (χ2v) is 4.74. The zero-order valence-corrected chi connectivity index (χ0v) is 11.8. The van der Waals surface area contributed by atoms with E-state index in [1.54, 1.807) is 0 Å². The topological polar surface area (TPSA) is 115 Å². The molecule has 0 aliphatic carbocycles. The number of aromatic carboxylic acids is 1. The van der Waals surface area contributed by atoms with Crippen LogP contribution < -0.4 is 4.74 Å². The van der Waals surface area contributed by atoms with E-state index in [-0.39, 0.29) is 11.8 Å². The van der Waals surface area contributed by atoms with E-state index in [2.05, 4.69) is 9.97 Å². The molecular weight excluding hydrogens is 381 g/mol. The van der Waals surface area contributed by atoms with Gasteiger partial charge in [-0.05, 0) is 28.7 Å². The lowest BCUT2D eigenvalue weighted by atomic mass is 10.1. The molecule has 102 valence electrons. The van der Waals surface area contributed by atoms with Crippen molar-refractivity contribution in [3.63, 3.8) is 0 Å². The van der Waals surface area contributed by atoms with E-state index in [1.165, 1.54) is 24.5 Å². The van der Waals surface area contributed by atoms with Crippen molar-refractivity contribution in [3.05, 3.63) is 49.8 Å². The maximum absolute atomic E-state index is 11.2. The highest BCUT2D eigenvalue weighted by molar-refractivity contribution is 14.1.